The molecule has 1 N–H and O–H groups in total. The number of hydrogen-bond donors (Lipinski definition) is 1. The summed E-state index contributed by atoms with van der Waals surface area (Å²) in [4.78, 5) is 0. The second-order valence-corrected chi connectivity index (χ2v) is 1.23. The molecular formula is C2H4B2O. The van der Waals surface area contributed by atoms with Crippen LogP contribution in [-0.2, 0) is 0 Å². The van der Waals surface area contributed by atoms with Crippen molar-refractivity contribution in [2.75, 3.05) is 0 Å². The van der Waals surface area contributed by atoms with E-state index in [-0.39, 0.29) is 0 Å². The first-order valence-electron chi connectivity index (χ1n) is 1.30. The summed E-state index contributed by atoms with van der Waals surface area (Å²) >= 11 is 0. The summed E-state index contributed by atoms with van der Waals surface area (Å²) < 4.78 is 0. The molecule has 0 heterocycles. The quantitative estimate of drug-likeness (QED) is 0.359. The summed E-state index contributed by atoms with van der Waals surface area (Å²) in [6, 6.07) is 0. The van der Waals surface area contributed by atoms with Crippen LogP contribution in [0.3, 0.4) is 0 Å². The normalized spacial score (nSPS) is 11.6. The fourth-order valence-corrected chi connectivity index (χ4v) is 0. The van der Waals surface area contributed by atoms with Gasteiger partial charge in [0.1, 0.15) is 0 Å². The summed E-state index contributed by atoms with van der Waals surface area (Å²) in [5, 5.41) is 6.58. The van der Waals surface area contributed by atoms with Crippen molar-refractivity contribution in [1.29, 1.82) is 0 Å². The Hall–Kier alpha value is 0.0899. The van der Waals surface area contributed by atoms with Crippen molar-refractivity contribution in [2.45, 2.75) is 12.3 Å². The van der Waals surface area contributed by atoms with Crippen LogP contribution in [0.5, 0.6) is 0 Å². The maximum atomic E-state index is 8.08. The lowest BCUT2D eigenvalue weighted by Gasteiger charge is -2.05. The second kappa shape index (κ2) is 1.05. The van der Waals surface area contributed by atoms with E-state index >= 15 is 0 Å². The van der Waals surface area contributed by atoms with E-state index in [1.807, 2.05) is 0 Å². The fourth-order valence-electron chi connectivity index (χ4n) is 0. The van der Waals surface area contributed by atoms with E-state index in [2.05, 4.69) is 15.7 Å². The van der Waals surface area contributed by atoms with Crippen LogP contribution in [0.25, 0.3) is 0 Å². The van der Waals surface area contributed by atoms with Crippen LogP contribution in [0.15, 0.2) is 0 Å². The standard InChI is InChI=1S/C2H4B2O/c1-2(3,4)5/h5H,1H3. The first-order chi connectivity index (χ1) is 2.00. The first kappa shape index (κ1) is 5.09. The zero-order valence-electron chi connectivity index (χ0n) is 3.10. The topological polar surface area (TPSA) is 20.2 Å². The van der Waals surface area contributed by atoms with Gasteiger partial charge in [-0.1, -0.05) is 6.92 Å². The Balaban J connectivity index is 3.02. The van der Waals surface area contributed by atoms with Crippen LogP contribution in [0.2, 0.25) is 0 Å². The van der Waals surface area contributed by atoms with Gasteiger partial charge in [0.25, 0.3) is 0 Å². The Morgan fingerprint density at radius 1 is 1.60 bits per heavy atom. The highest BCUT2D eigenvalue weighted by molar-refractivity contribution is 6.38. The average molecular weight is 65.7 g/mol. The lowest BCUT2D eigenvalue weighted by atomic mass is 9.67. The molecule has 0 fully saturated rings. The SMILES string of the molecule is [B]C([B])(C)O. The third kappa shape index (κ3) is 2210. The maximum absolute atomic E-state index is 8.08. The molecule has 0 unspecified atom stereocenters. The molecule has 0 aliphatic rings. The average Bonchev–Trinajstić information content (AvgIpc) is 0.722. The van der Waals surface area contributed by atoms with Gasteiger partial charge in [-0.25, -0.2) is 0 Å². The Bertz CT molecular complexity index is 23.1. The van der Waals surface area contributed by atoms with Crippen LogP contribution in [0.4, 0.5) is 0 Å². The Morgan fingerprint density at radius 3 is 1.60 bits per heavy atom. The van der Waals surface area contributed by atoms with Gasteiger partial charge in [-0.15, -0.1) is 0 Å². The van der Waals surface area contributed by atoms with Gasteiger partial charge in [-0.05, 0) is 5.40 Å². The van der Waals surface area contributed by atoms with Crippen molar-refractivity contribution in [2.24, 2.45) is 0 Å². The van der Waals surface area contributed by atoms with Crippen molar-refractivity contribution in [3.8, 4) is 0 Å². The van der Waals surface area contributed by atoms with E-state index in [4.69, 9.17) is 5.11 Å². The largest absolute Gasteiger partial charge is 0.409 e. The third-order valence-corrected chi connectivity index (χ3v) is 0. The number of aliphatic hydroxyl groups is 1. The van der Waals surface area contributed by atoms with Gasteiger partial charge in [0.15, 0.2) is 0 Å². The molecule has 5 heavy (non-hydrogen) atoms. The zero-order valence-corrected chi connectivity index (χ0v) is 3.10. The van der Waals surface area contributed by atoms with Gasteiger partial charge >= 0.3 is 0 Å². The molecule has 0 bridgehead atoms. The summed E-state index contributed by atoms with van der Waals surface area (Å²) in [6.45, 7) is 1.30. The van der Waals surface area contributed by atoms with Gasteiger partial charge in [-0.3, -0.25) is 0 Å². The molecule has 0 rings (SSSR count). The molecule has 0 amide bonds. The highest BCUT2D eigenvalue weighted by atomic mass is 16.3. The lowest BCUT2D eigenvalue weighted by molar-refractivity contribution is 0.234. The van der Waals surface area contributed by atoms with Gasteiger partial charge in [0.2, 0.25) is 0 Å². The minimum Gasteiger partial charge on any atom is -0.409 e. The molecule has 1 nitrogen and oxygen atoms in total. The summed E-state index contributed by atoms with van der Waals surface area (Å²) in [7, 11) is 9.38. The predicted molar refractivity (Wildman–Crippen MR) is 22.1 cm³/mol. The van der Waals surface area contributed by atoms with Crippen molar-refractivity contribution in [3.63, 3.8) is 0 Å². The highest BCUT2D eigenvalue weighted by Crippen LogP contribution is 1.80. The minimum absolute atomic E-state index is 1.30. The van der Waals surface area contributed by atoms with E-state index in [9.17, 15) is 0 Å². The molecular weight excluding hydrogens is 61.6 g/mol. The van der Waals surface area contributed by atoms with Crippen LogP contribution in [0, 0.1) is 0 Å². The van der Waals surface area contributed by atoms with Crippen LogP contribution >= 0.6 is 0 Å². The molecule has 0 spiro atoms. The van der Waals surface area contributed by atoms with Crippen LogP contribution < -0.4 is 0 Å². The molecule has 0 atom stereocenters. The zero-order chi connectivity index (χ0) is 4.50. The van der Waals surface area contributed by atoms with E-state index in [0.29, 0.717) is 0 Å². The van der Waals surface area contributed by atoms with Gasteiger partial charge in [0.05, 0.1) is 15.7 Å². The van der Waals surface area contributed by atoms with E-state index < -0.39 is 5.40 Å². The Labute approximate surface area is 34.2 Å². The molecule has 0 aliphatic heterocycles. The van der Waals surface area contributed by atoms with E-state index in [0.717, 1.165) is 0 Å². The smallest absolute Gasteiger partial charge is 0.0985 e. The Kier molecular flexibility index (Phi) is 1.07. The monoisotopic (exact) mass is 66.0 g/mol. The lowest BCUT2D eigenvalue weighted by Crippen LogP contribution is -2.23. The van der Waals surface area contributed by atoms with Crippen molar-refractivity contribution in [3.05, 3.63) is 0 Å². The van der Waals surface area contributed by atoms with E-state index in [1.54, 1.807) is 0 Å². The first-order valence-corrected chi connectivity index (χ1v) is 1.30. The molecule has 3 heteroatoms. The molecule has 0 aromatic rings. The molecule has 0 aromatic carbocycles. The molecule has 0 aromatic heterocycles. The number of hydrogen-bond acceptors (Lipinski definition) is 1. The molecule has 4 radical (unpaired) electrons. The number of rotatable bonds is 0. The molecule has 0 saturated carbocycles. The summed E-state index contributed by atoms with van der Waals surface area (Å²) in [6.07, 6.45) is 0. The van der Waals surface area contributed by atoms with Crippen molar-refractivity contribution >= 4 is 15.7 Å². The highest BCUT2D eigenvalue weighted by Gasteiger charge is 1.97. The van der Waals surface area contributed by atoms with Gasteiger partial charge in [-0.2, -0.15) is 0 Å². The fraction of sp³-hybridized carbons (Fsp3) is 1.00. The molecule has 24 valence electrons. The predicted octanol–water partition coefficient (Wildman–Crippen LogP) is -1.01. The third-order valence-electron chi connectivity index (χ3n) is 0. The van der Waals surface area contributed by atoms with Crippen LogP contribution in [0.1, 0.15) is 6.92 Å². The summed E-state index contributed by atoms with van der Waals surface area (Å²) in [5.74, 6) is 0. The second-order valence-electron chi connectivity index (χ2n) is 1.23. The van der Waals surface area contributed by atoms with Gasteiger partial charge < -0.3 is 5.11 Å². The maximum Gasteiger partial charge on any atom is 0.0985 e. The van der Waals surface area contributed by atoms with Gasteiger partial charge in [0, 0.05) is 0 Å². The minimum atomic E-state index is -1.50. The Morgan fingerprint density at radius 2 is 1.60 bits per heavy atom. The van der Waals surface area contributed by atoms with E-state index in [1.165, 1.54) is 6.92 Å². The molecule has 0 aliphatic carbocycles. The van der Waals surface area contributed by atoms with Crippen molar-refractivity contribution < 1.29 is 5.11 Å². The van der Waals surface area contributed by atoms with Crippen LogP contribution in [-0.4, -0.2) is 26.2 Å². The summed E-state index contributed by atoms with van der Waals surface area (Å²) in [5.41, 5.74) is 0. The molecule has 0 saturated heterocycles. The van der Waals surface area contributed by atoms with Crippen molar-refractivity contribution in [1.82, 2.24) is 0 Å².